The summed E-state index contributed by atoms with van der Waals surface area (Å²) in [6.07, 6.45) is -0.758. The molecular weight excluding hydrogens is 444 g/mol. The van der Waals surface area contributed by atoms with Crippen molar-refractivity contribution < 1.29 is 24.3 Å². The number of likely N-dealkylation sites (tertiary alicyclic amines) is 1. The van der Waals surface area contributed by atoms with Crippen LogP contribution in [0.1, 0.15) is 39.8 Å². The molecule has 3 rings (SSSR count). The van der Waals surface area contributed by atoms with Crippen molar-refractivity contribution in [1.29, 1.82) is 0 Å². The molecule has 1 aromatic heterocycles. The summed E-state index contributed by atoms with van der Waals surface area (Å²) in [5.74, 6) is -0.878. The predicted molar refractivity (Wildman–Crippen MR) is 124 cm³/mol. The zero-order valence-electron chi connectivity index (χ0n) is 19.4. The Morgan fingerprint density at radius 2 is 1.91 bits per heavy atom. The third kappa shape index (κ3) is 5.88. The van der Waals surface area contributed by atoms with Gasteiger partial charge in [0.25, 0.3) is 5.91 Å². The summed E-state index contributed by atoms with van der Waals surface area (Å²) in [6, 6.07) is 5.46. The van der Waals surface area contributed by atoms with Crippen LogP contribution in [-0.2, 0) is 14.4 Å². The van der Waals surface area contributed by atoms with Crippen LogP contribution >= 0.6 is 11.3 Å². The first-order valence-electron chi connectivity index (χ1n) is 10.7. The lowest BCUT2D eigenvalue weighted by molar-refractivity contribution is -0.145. The fraction of sp³-hybridized carbons (Fsp3) is 0.478. The molecule has 0 aliphatic carbocycles. The van der Waals surface area contributed by atoms with Crippen LogP contribution in [0.4, 0.5) is 0 Å². The van der Waals surface area contributed by atoms with Gasteiger partial charge in [-0.2, -0.15) is 5.48 Å². The highest BCUT2D eigenvalue weighted by Crippen LogP contribution is 2.29. The number of aliphatic hydroxyl groups excluding tert-OH is 1. The van der Waals surface area contributed by atoms with Gasteiger partial charge >= 0.3 is 0 Å². The highest BCUT2D eigenvalue weighted by Gasteiger charge is 2.44. The number of aliphatic hydroxyl groups is 1. The molecule has 1 saturated heterocycles. The van der Waals surface area contributed by atoms with Crippen LogP contribution in [0.3, 0.4) is 0 Å². The van der Waals surface area contributed by atoms with Gasteiger partial charge in [0.05, 0.1) is 22.2 Å². The van der Waals surface area contributed by atoms with E-state index in [1.807, 2.05) is 39.8 Å². The molecule has 2 aromatic rings. The minimum absolute atomic E-state index is 0.00593. The van der Waals surface area contributed by atoms with Crippen molar-refractivity contribution >= 4 is 29.1 Å². The second-order valence-electron chi connectivity index (χ2n) is 9.26. The first-order valence-corrected chi connectivity index (χ1v) is 11.6. The molecule has 3 atom stereocenters. The van der Waals surface area contributed by atoms with E-state index in [0.717, 1.165) is 16.1 Å². The zero-order chi connectivity index (χ0) is 24.3. The predicted octanol–water partition coefficient (Wildman–Crippen LogP) is 2.04. The van der Waals surface area contributed by atoms with Crippen LogP contribution in [0, 0.1) is 12.3 Å². The Morgan fingerprint density at radius 1 is 1.24 bits per heavy atom. The third-order valence-electron chi connectivity index (χ3n) is 5.46. The number of carbonyl (C=O) groups excluding carboxylic acids is 3. The van der Waals surface area contributed by atoms with Crippen LogP contribution in [-0.4, -0.2) is 57.4 Å². The second kappa shape index (κ2) is 9.88. The van der Waals surface area contributed by atoms with Crippen molar-refractivity contribution in [2.75, 3.05) is 6.54 Å². The number of benzene rings is 1. The molecular formula is C23H30N4O5S. The molecule has 10 heteroatoms. The molecule has 2 heterocycles. The van der Waals surface area contributed by atoms with E-state index in [0.29, 0.717) is 5.75 Å². The van der Waals surface area contributed by atoms with E-state index >= 15 is 0 Å². The molecule has 9 nitrogen and oxygen atoms in total. The molecule has 0 saturated carbocycles. The molecule has 1 aromatic carbocycles. The summed E-state index contributed by atoms with van der Waals surface area (Å²) in [7, 11) is 0. The minimum atomic E-state index is -0.912. The van der Waals surface area contributed by atoms with E-state index in [4.69, 9.17) is 4.84 Å². The van der Waals surface area contributed by atoms with Gasteiger partial charge in [0, 0.05) is 19.9 Å². The van der Waals surface area contributed by atoms with Crippen molar-refractivity contribution in [3.63, 3.8) is 0 Å². The second-order valence-corrected chi connectivity index (χ2v) is 10.1. The topological polar surface area (TPSA) is 121 Å². The number of hydrogen-bond acceptors (Lipinski definition) is 7. The smallest absolute Gasteiger partial charge is 0.275 e. The van der Waals surface area contributed by atoms with Crippen LogP contribution < -0.4 is 15.6 Å². The zero-order valence-corrected chi connectivity index (χ0v) is 20.2. The Kier molecular flexibility index (Phi) is 7.38. The number of carbonyl (C=O) groups is 3. The molecule has 0 bridgehead atoms. The van der Waals surface area contributed by atoms with E-state index in [1.165, 1.54) is 11.8 Å². The van der Waals surface area contributed by atoms with Crippen molar-refractivity contribution in [3.05, 3.63) is 35.5 Å². The standard InChI is InChI=1S/C23H30N4O5S/c1-13-19(33-12-24-13)15-6-8-17(9-7-15)32-26-21(30)18-10-16(29)11-27(18)22(31)20(23(3,4)5)25-14(2)28/h6-9,12,16,18,20,29H,10-11H2,1-5H3,(H,25,28)(H,26,30)/t16-,18+,20-/m1/s1. The molecule has 1 aliphatic rings. The minimum Gasteiger partial charge on any atom is -0.391 e. The van der Waals surface area contributed by atoms with Crippen LogP contribution in [0.25, 0.3) is 10.4 Å². The van der Waals surface area contributed by atoms with Crippen LogP contribution in [0.15, 0.2) is 29.8 Å². The molecule has 0 spiro atoms. The first kappa shape index (κ1) is 24.7. The van der Waals surface area contributed by atoms with Gasteiger partial charge in [-0.3, -0.25) is 14.4 Å². The molecule has 1 aliphatic heterocycles. The Hall–Kier alpha value is -2.98. The van der Waals surface area contributed by atoms with Gasteiger partial charge in [-0.1, -0.05) is 20.8 Å². The van der Waals surface area contributed by atoms with E-state index in [1.54, 1.807) is 29.0 Å². The SMILES string of the molecule is CC(=O)N[C@H](C(=O)N1C[C@H](O)C[C@H]1C(=O)NOc1ccc(-c2scnc2C)cc1)C(C)(C)C. The molecule has 33 heavy (non-hydrogen) atoms. The van der Waals surface area contributed by atoms with Crippen molar-refractivity contribution in [2.45, 2.75) is 59.2 Å². The largest absolute Gasteiger partial charge is 0.391 e. The number of hydrogen-bond donors (Lipinski definition) is 3. The Bertz CT molecular complexity index is 1010. The quantitative estimate of drug-likeness (QED) is 0.551. The number of nitrogens with zero attached hydrogens (tertiary/aromatic N) is 2. The van der Waals surface area contributed by atoms with Crippen LogP contribution in [0.2, 0.25) is 0 Å². The molecule has 3 N–H and O–H groups in total. The average molecular weight is 475 g/mol. The molecule has 0 radical (unpaired) electrons. The summed E-state index contributed by atoms with van der Waals surface area (Å²) < 4.78 is 0. The number of rotatable bonds is 6. The van der Waals surface area contributed by atoms with Gasteiger partial charge in [0.1, 0.15) is 12.1 Å². The Labute approximate surface area is 197 Å². The maximum absolute atomic E-state index is 13.2. The fourth-order valence-corrected chi connectivity index (χ4v) is 4.57. The van der Waals surface area contributed by atoms with E-state index in [2.05, 4.69) is 15.8 Å². The molecule has 178 valence electrons. The lowest BCUT2D eigenvalue weighted by Gasteiger charge is -2.35. The van der Waals surface area contributed by atoms with Gasteiger partial charge in [0.15, 0.2) is 5.75 Å². The Morgan fingerprint density at radius 3 is 2.45 bits per heavy atom. The van der Waals surface area contributed by atoms with Gasteiger partial charge in [-0.05, 0) is 42.2 Å². The van der Waals surface area contributed by atoms with Crippen molar-refractivity contribution in [1.82, 2.24) is 20.7 Å². The lowest BCUT2D eigenvalue weighted by atomic mass is 9.85. The monoisotopic (exact) mass is 474 g/mol. The molecule has 0 unspecified atom stereocenters. The number of thiazole rings is 1. The summed E-state index contributed by atoms with van der Waals surface area (Å²) in [5, 5.41) is 12.8. The maximum Gasteiger partial charge on any atom is 0.275 e. The van der Waals surface area contributed by atoms with E-state index < -0.39 is 35.4 Å². The summed E-state index contributed by atoms with van der Waals surface area (Å²) in [4.78, 5) is 49.7. The summed E-state index contributed by atoms with van der Waals surface area (Å²) in [5.41, 5.74) is 5.54. The summed E-state index contributed by atoms with van der Waals surface area (Å²) in [6.45, 7) is 8.76. The lowest BCUT2D eigenvalue weighted by Crippen LogP contribution is -2.57. The first-order chi connectivity index (χ1) is 15.5. The molecule has 3 amide bonds. The van der Waals surface area contributed by atoms with E-state index in [-0.39, 0.29) is 18.9 Å². The van der Waals surface area contributed by atoms with Gasteiger partial charge in [-0.25, -0.2) is 4.98 Å². The molecule has 1 fully saturated rings. The van der Waals surface area contributed by atoms with Gasteiger partial charge in [0.2, 0.25) is 11.8 Å². The number of aryl methyl sites for hydroxylation is 1. The number of nitrogens with one attached hydrogen (secondary N) is 2. The fourth-order valence-electron chi connectivity index (χ4n) is 3.75. The van der Waals surface area contributed by atoms with Crippen molar-refractivity contribution in [3.8, 4) is 16.2 Å². The van der Waals surface area contributed by atoms with Crippen LogP contribution in [0.5, 0.6) is 5.75 Å². The third-order valence-corrected chi connectivity index (χ3v) is 6.43. The summed E-state index contributed by atoms with van der Waals surface area (Å²) >= 11 is 1.55. The number of β-amino-alcohol motifs (C(OH)–C–C–N with tert-alkyl or cyclic N) is 1. The normalized spacial score (nSPS) is 19.2. The van der Waals surface area contributed by atoms with Crippen molar-refractivity contribution in [2.24, 2.45) is 5.41 Å². The van der Waals surface area contributed by atoms with Gasteiger partial charge in [-0.15, -0.1) is 11.3 Å². The maximum atomic E-state index is 13.2. The highest BCUT2D eigenvalue weighted by molar-refractivity contribution is 7.13. The number of aromatic nitrogens is 1. The van der Waals surface area contributed by atoms with E-state index in [9.17, 15) is 19.5 Å². The highest BCUT2D eigenvalue weighted by atomic mass is 32.1. The number of hydroxylamine groups is 1. The van der Waals surface area contributed by atoms with Gasteiger partial charge < -0.3 is 20.2 Å². The average Bonchev–Trinajstić information content (AvgIpc) is 3.35. The Balaban J connectivity index is 1.67. The number of amides is 3.